The van der Waals surface area contributed by atoms with Gasteiger partial charge in [-0.25, -0.2) is 9.37 Å². The van der Waals surface area contributed by atoms with Crippen molar-refractivity contribution in [2.24, 2.45) is 0 Å². The molecule has 3 aromatic carbocycles. The Morgan fingerprint density at radius 3 is 2.62 bits per heavy atom. The van der Waals surface area contributed by atoms with Gasteiger partial charge in [0.2, 0.25) is 5.89 Å². The van der Waals surface area contributed by atoms with Crippen LogP contribution < -0.4 is 10.1 Å². The molecule has 0 aliphatic carbocycles. The largest absolute Gasteiger partial charge is 0.497 e. The van der Waals surface area contributed by atoms with Crippen LogP contribution in [0.4, 0.5) is 10.1 Å². The van der Waals surface area contributed by atoms with Gasteiger partial charge < -0.3 is 14.5 Å². The summed E-state index contributed by atoms with van der Waals surface area (Å²) in [6.45, 7) is 0. The Balaban J connectivity index is 1.59. The number of fused-ring (bicyclic) bond motifs is 1. The zero-order valence-electron chi connectivity index (χ0n) is 15.3. The van der Waals surface area contributed by atoms with E-state index in [0.717, 1.165) is 17.4 Å². The predicted octanol–water partition coefficient (Wildman–Crippen LogP) is 4.77. The van der Waals surface area contributed by atoms with Crippen molar-refractivity contribution in [3.8, 4) is 23.3 Å². The van der Waals surface area contributed by atoms with Crippen LogP contribution in [0.15, 0.2) is 65.1 Å². The van der Waals surface area contributed by atoms with E-state index in [9.17, 15) is 9.18 Å². The third kappa shape index (κ3) is 3.64. The maximum atomic E-state index is 14.0. The van der Waals surface area contributed by atoms with Crippen LogP contribution in [0.25, 0.3) is 22.6 Å². The summed E-state index contributed by atoms with van der Waals surface area (Å²) >= 11 is 0. The molecule has 0 aliphatic rings. The zero-order chi connectivity index (χ0) is 20.4. The molecule has 0 spiro atoms. The lowest BCUT2D eigenvalue weighted by atomic mass is 10.1. The van der Waals surface area contributed by atoms with Crippen molar-refractivity contribution in [3.05, 3.63) is 77.6 Å². The number of hydrogen-bond acceptors (Lipinski definition) is 5. The third-order valence-electron chi connectivity index (χ3n) is 4.33. The number of nitrogens with zero attached hydrogens (tertiary/aromatic N) is 2. The Hall–Kier alpha value is -4.18. The number of benzene rings is 3. The average molecular weight is 387 g/mol. The lowest BCUT2D eigenvalue weighted by Crippen LogP contribution is -2.13. The number of ether oxygens (including phenoxy) is 1. The highest BCUT2D eigenvalue weighted by molar-refractivity contribution is 6.05. The molecule has 0 unspecified atom stereocenters. The standard InChI is InChI=1S/C22H14FN3O3/c1-28-16-6-3-14(4-7-16)22-26-19-11-15(5-9-20(19)29-22)25-21(27)17-8-2-13(12-24)10-18(17)23/h2-11H,1H3,(H,25,27). The highest BCUT2D eigenvalue weighted by Gasteiger charge is 2.14. The van der Waals surface area contributed by atoms with E-state index >= 15 is 0 Å². The van der Waals surface area contributed by atoms with Crippen molar-refractivity contribution in [2.75, 3.05) is 12.4 Å². The third-order valence-corrected chi connectivity index (χ3v) is 4.33. The number of carbonyl (C=O) groups excluding carboxylic acids is 1. The zero-order valence-corrected chi connectivity index (χ0v) is 15.3. The maximum absolute atomic E-state index is 14.0. The molecule has 7 heteroatoms. The van der Waals surface area contributed by atoms with E-state index in [1.807, 2.05) is 30.3 Å². The van der Waals surface area contributed by atoms with Crippen molar-refractivity contribution in [1.29, 1.82) is 5.26 Å². The average Bonchev–Trinajstić information content (AvgIpc) is 3.17. The van der Waals surface area contributed by atoms with Crippen molar-refractivity contribution in [3.63, 3.8) is 0 Å². The van der Waals surface area contributed by atoms with Crippen LogP contribution >= 0.6 is 0 Å². The number of oxazole rings is 1. The summed E-state index contributed by atoms with van der Waals surface area (Å²) in [5, 5.41) is 11.4. The second-order valence-corrected chi connectivity index (χ2v) is 6.19. The second-order valence-electron chi connectivity index (χ2n) is 6.19. The number of nitrogens with one attached hydrogen (secondary N) is 1. The van der Waals surface area contributed by atoms with Crippen LogP contribution in [-0.4, -0.2) is 18.0 Å². The fourth-order valence-corrected chi connectivity index (χ4v) is 2.83. The van der Waals surface area contributed by atoms with Gasteiger partial charge in [0.15, 0.2) is 5.58 Å². The number of nitriles is 1. The molecule has 0 atom stereocenters. The highest BCUT2D eigenvalue weighted by Crippen LogP contribution is 2.27. The van der Waals surface area contributed by atoms with Gasteiger partial charge in [0.25, 0.3) is 5.91 Å². The van der Waals surface area contributed by atoms with Gasteiger partial charge >= 0.3 is 0 Å². The number of halogens is 1. The molecule has 0 saturated heterocycles. The SMILES string of the molecule is COc1ccc(-c2nc3cc(NC(=O)c4ccc(C#N)cc4F)ccc3o2)cc1. The van der Waals surface area contributed by atoms with Crippen LogP contribution in [0.5, 0.6) is 5.75 Å². The number of methoxy groups -OCH3 is 1. The topological polar surface area (TPSA) is 88.1 Å². The number of rotatable bonds is 4. The molecule has 4 aromatic rings. The fourth-order valence-electron chi connectivity index (χ4n) is 2.83. The minimum atomic E-state index is -0.758. The summed E-state index contributed by atoms with van der Waals surface area (Å²) in [5.41, 5.74) is 2.33. The van der Waals surface area contributed by atoms with E-state index < -0.39 is 11.7 Å². The van der Waals surface area contributed by atoms with Crippen LogP contribution in [0.1, 0.15) is 15.9 Å². The van der Waals surface area contributed by atoms with Crippen molar-refractivity contribution in [2.45, 2.75) is 0 Å². The van der Waals surface area contributed by atoms with Gasteiger partial charge in [-0.3, -0.25) is 4.79 Å². The first kappa shape index (κ1) is 18.2. The number of anilines is 1. The normalized spacial score (nSPS) is 10.5. The number of carbonyl (C=O) groups is 1. The first-order valence-electron chi connectivity index (χ1n) is 8.63. The molecule has 142 valence electrons. The van der Waals surface area contributed by atoms with Gasteiger partial charge in [-0.2, -0.15) is 5.26 Å². The van der Waals surface area contributed by atoms with Crippen LogP contribution in [-0.2, 0) is 0 Å². The molecular formula is C22H14FN3O3. The summed E-state index contributed by atoms with van der Waals surface area (Å²) in [7, 11) is 1.59. The molecule has 0 saturated carbocycles. The van der Waals surface area contributed by atoms with Gasteiger partial charge in [-0.1, -0.05) is 0 Å². The Kier molecular flexibility index (Phi) is 4.67. The molecular weight excluding hydrogens is 373 g/mol. The summed E-state index contributed by atoms with van der Waals surface area (Å²) in [6, 6.07) is 17.8. The Labute approximate surface area is 165 Å². The van der Waals surface area contributed by atoms with Crippen molar-refractivity contribution < 1.29 is 18.3 Å². The van der Waals surface area contributed by atoms with Crippen LogP contribution in [0.2, 0.25) is 0 Å². The van der Waals surface area contributed by atoms with E-state index in [1.54, 1.807) is 25.3 Å². The molecule has 6 nitrogen and oxygen atoms in total. The van der Waals surface area contributed by atoms with Gasteiger partial charge in [0.1, 0.15) is 17.1 Å². The summed E-state index contributed by atoms with van der Waals surface area (Å²) in [4.78, 5) is 16.8. The van der Waals surface area contributed by atoms with E-state index in [0.29, 0.717) is 22.7 Å². The van der Waals surface area contributed by atoms with Gasteiger partial charge in [0, 0.05) is 11.3 Å². The Morgan fingerprint density at radius 1 is 1.14 bits per heavy atom. The van der Waals surface area contributed by atoms with Crippen molar-refractivity contribution in [1.82, 2.24) is 4.98 Å². The Bertz CT molecular complexity index is 1260. The quantitative estimate of drug-likeness (QED) is 0.545. The van der Waals surface area contributed by atoms with Crippen molar-refractivity contribution >= 4 is 22.7 Å². The van der Waals surface area contributed by atoms with E-state index in [4.69, 9.17) is 14.4 Å². The minimum Gasteiger partial charge on any atom is -0.497 e. The molecule has 0 radical (unpaired) electrons. The van der Waals surface area contributed by atoms with Gasteiger partial charge in [-0.05, 0) is 60.7 Å². The van der Waals surface area contributed by atoms with E-state index in [-0.39, 0.29) is 11.1 Å². The maximum Gasteiger partial charge on any atom is 0.258 e. The number of hydrogen-bond donors (Lipinski definition) is 1. The molecule has 0 fully saturated rings. The molecule has 0 aliphatic heterocycles. The molecule has 4 rings (SSSR count). The summed E-state index contributed by atoms with van der Waals surface area (Å²) in [6.07, 6.45) is 0. The predicted molar refractivity (Wildman–Crippen MR) is 105 cm³/mol. The van der Waals surface area contributed by atoms with Crippen LogP contribution in [0, 0.1) is 17.1 Å². The summed E-state index contributed by atoms with van der Waals surface area (Å²) < 4.78 is 24.9. The lowest BCUT2D eigenvalue weighted by Gasteiger charge is -2.06. The number of aromatic nitrogens is 1. The minimum absolute atomic E-state index is 0.147. The van der Waals surface area contributed by atoms with E-state index in [1.165, 1.54) is 12.1 Å². The molecule has 1 aromatic heterocycles. The van der Waals surface area contributed by atoms with E-state index in [2.05, 4.69) is 10.3 Å². The first-order chi connectivity index (χ1) is 14.1. The van der Waals surface area contributed by atoms with Gasteiger partial charge in [0.05, 0.1) is 24.3 Å². The molecule has 1 amide bonds. The second kappa shape index (κ2) is 7.44. The molecule has 0 bridgehead atoms. The summed E-state index contributed by atoms with van der Waals surface area (Å²) in [5.74, 6) is -0.217. The van der Waals surface area contributed by atoms with Crippen LogP contribution in [0.3, 0.4) is 0 Å². The van der Waals surface area contributed by atoms with Gasteiger partial charge in [-0.15, -0.1) is 0 Å². The smallest absolute Gasteiger partial charge is 0.258 e. The molecule has 29 heavy (non-hydrogen) atoms. The fraction of sp³-hybridized carbons (Fsp3) is 0.0455. The monoisotopic (exact) mass is 387 g/mol. The highest BCUT2D eigenvalue weighted by atomic mass is 19.1. The molecule has 1 heterocycles. The lowest BCUT2D eigenvalue weighted by molar-refractivity contribution is 0.102. The first-order valence-corrected chi connectivity index (χ1v) is 8.63. The molecule has 1 N–H and O–H groups in total. The Morgan fingerprint density at radius 2 is 1.93 bits per heavy atom. The number of amides is 1.